The smallest absolute Gasteiger partial charge is 0.230 e. The maximum absolute atomic E-state index is 13.6. The summed E-state index contributed by atoms with van der Waals surface area (Å²) in [5, 5.41) is 13.7. The van der Waals surface area contributed by atoms with Crippen molar-refractivity contribution >= 4 is 23.2 Å². The number of aromatic nitrogens is 2. The van der Waals surface area contributed by atoms with Crippen molar-refractivity contribution in [1.82, 2.24) is 10.2 Å². The van der Waals surface area contributed by atoms with Crippen LogP contribution in [-0.4, -0.2) is 30.3 Å². The van der Waals surface area contributed by atoms with Gasteiger partial charge < -0.3 is 20.1 Å². The first-order valence-electron chi connectivity index (χ1n) is 8.45. The summed E-state index contributed by atoms with van der Waals surface area (Å²) in [5.41, 5.74) is 0.976. The van der Waals surface area contributed by atoms with Gasteiger partial charge in [-0.05, 0) is 35.9 Å². The van der Waals surface area contributed by atoms with Gasteiger partial charge in [-0.2, -0.15) is 0 Å². The molecule has 1 heterocycles. The van der Waals surface area contributed by atoms with Crippen molar-refractivity contribution in [2.75, 3.05) is 24.9 Å². The molecule has 0 bridgehead atoms. The summed E-state index contributed by atoms with van der Waals surface area (Å²) in [4.78, 5) is 12.1. The molecule has 0 aliphatic carbocycles. The third kappa shape index (κ3) is 4.73. The van der Waals surface area contributed by atoms with E-state index < -0.39 is 5.82 Å². The minimum absolute atomic E-state index is 0.0879. The van der Waals surface area contributed by atoms with Crippen molar-refractivity contribution in [2.24, 2.45) is 0 Å². The maximum Gasteiger partial charge on any atom is 0.230 e. The molecule has 28 heavy (non-hydrogen) atoms. The van der Waals surface area contributed by atoms with Crippen LogP contribution in [0.4, 0.5) is 21.7 Å². The number of amides is 1. The SMILES string of the molecule is COc1ccc(OC)c(Nc2ccc(NC(=O)Cc3ccccc3F)nn2)c1. The van der Waals surface area contributed by atoms with Crippen LogP contribution in [0.25, 0.3) is 0 Å². The maximum atomic E-state index is 13.6. The van der Waals surface area contributed by atoms with Gasteiger partial charge >= 0.3 is 0 Å². The van der Waals surface area contributed by atoms with Crippen LogP contribution in [0.2, 0.25) is 0 Å². The van der Waals surface area contributed by atoms with Crippen LogP contribution in [0, 0.1) is 5.82 Å². The number of nitrogens with one attached hydrogen (secondary N) is 2. The van der Waals surface area contributed by atoms with Crippen molar-refractivity contribution in [2.45, 2.75) is 6.42 Å². The second-order valence-electron chi connectivity index (χ2n) is 5.81. The van der Waals surface area contributed by atoms with Gasteiger partial charge in [0.1, 0.15) is 17.3 Å². The third-order valence-electron chi connectivity index (χ3n) is 3.91. The van der Waals surface area contributed by atoms with Gasteiger partial charge in [-0.25, -0.2) is 4.39 Å². The second-order valence-corrected chi connectivity index (χ2v) is 5.81. The molecule has 8 heteroatoms. The van der Waals surface area contributed by atoms with Crippen LogP contribution in [0.1, 0.15) is 5.56 Å². The Bertz CT molecular complexity index is 964. The number of nitrogens with zero attached hydrogens (tertiary/aromatic N) is 2. The lowest BCUT2D eigenvalue weighted by Crippen LogP contribution is -2.16. The molecule has 0 fully saturated rings. The second kappa shape index (κ2) is 8.81. The van der Waals surface area contributed by atoms with Crippen molar-refractivity contribution in [3.8, 4) is 11.5 Å². The number of halogens is 1. The topological polar surface area (TPSA) is 85.4 Å². The van der Waals surface area contributed by atoms with Gasteiger partial charge in [-0.3, -0.25) is 4.79 Å². The Kier molecular flexibility index (Phi) is 6.01. The molecule has 0 saturated carbocycles. The van der Waals surface area contributed by atoms with Crippen molar-refractivity contribution in [3.63, 3.8) is 0 Å². The number of rotatable bonds is 7. The molecule has 7 nitrogen and oxygen atoms in total. The van der Waals surface area contributed by atoms with Crippen molar-refractivity contribution < 1.29 is 18.7 Å². The quantitative estimate of drug-likeness (QED) is 0.650. The van der Waals surface area contributed by atoms with E-state index >= 15 is 0 Å². The molecule has 0 radical (unpaired) electrons. The predicted octanol–water partition coefficient (Wildman–Crippen LogP) is 3.56. The lowest BCUT2D eigenvalue weighted by atomic mass is 10.1. The summed E-state index contributed by atoms with van der Waals surface area (Å²) < 4.78 is 24.1. The van der Waals surface area contributed by atoms with Crippen LogP contribution in [-0.2, 0) is 11.2 Å². The zero-order valence-electron chi connectivity index (χ0n) is 15.4. The van der Waals surface area contributed by atoms with Crippen LogP contribution >= 0.6 is 0 Å². The molecule has 0 aliphatic heterocycles. The Morgan fingerprint density at radius 2 is 1.75 bits per heavy atom. The minimum Gasteiger partial charge on any atom is -0.497 e. The van der Waals surface area contributed by atoms with E-state index in [0.29, 0.717) is 28.6 Å². The summed E-state index contributed by atoms with van der Waals surface area (Å²) in [5.74, 6) is 1.20. The molecule has 0 saturated heterocycles. The first kappa shape index (κ1) is 19.1. The standard InChI is InChI=1S/C20H19FN4O3/c1-27-14-7-8-17(28-2)16(12-14)22-18-9-10-19(25-24-18)23-20(26)11-13-5-3-4-6-15(13)21/h3-10,12H,11H2,1-2H3,(H,22,24)(H,23,25,26). The molecule has 144 valence electrons. The fourth-order valence-electron chi connectivity index (χ4n) is 2.52. The third-order valence-corrected chi connectivity index (χ3v) is 3.91. The highest BCUT2D eigenvalue weighted by molar-refractivity contribution is 5.91. The highest BCUT2D eigenvalue weighted by atomic mass is 19.1. The minimum atomic E-state index is -0.421. The average molecular weight is 382 g/mol. The molecule has 0 aliphatic rings. The Morgan fingerprint density at radius 3 is 2.43 bits per heavy atom. The molecule has 1 aromatic heterocycles. The largest absolute Gasteiger partial charge is 0.497 e. The van der Waals surface area contributed by atoms with Gasteiger partial charge in [-0.15, -0.1) is 10.2 Å². The summed E-state index contributed by atoms with van der Waals surface area (Å²) >= 11 is 0. The van der Waals surface area contributed by atoms with E-state index in [4.69, 9.17) is 9.47 Å². The van der Waals surface area contributed by atoms with Gasteiger partial charge in [0.15, 0.2) is 11.6 Å². The first-order chi connectivity index (χ1) is 13.6. The lowest BCUT2D eigenvalue weighted by Gasteiger charge is -2.12. The highest BCUT2D eigenvalue weighted by Crippen LogP contribution is 2.30. The normalized spacial score (nSPS) is 10.2. The number of benzene rings is 2. The first-order valence-corrected chi connectivity index (χ1v) is 8.45. The number of ether oxygens (including phenoxy) is 2. The average Bonchev–Trinajstić information content (AvgIpc) is 2.71. The van der Waals surface area contributed by atoms with E-state index in [1.54, 1.807) is 62.8 Å². The number of carbonyl (C=O) groups is 1. The fourth-order valence-corrected chi connectivity index (χ4v) is 2.52. The molecule has 0 atom stereocenters. The zero-order valence-corrected chi connectivity index (χ0v) is 15.4. The van der Waals surface area contributed by atoms with Crippen LogP contribution in [0.3, 0.4) is 0 Å². The van der Waals surface area contributed by atoms with E-state index in [1.165, 1.54) is 6.07 Å². The molecular formula is C20H19FN4O3. The molecule has 1 amide bonds. The van der Waals surface area contributed by atoms with E-state index in [-0.39, 0.29) is 18.1 Å². The molecule has 2 aromatic carbocycles. The summed E-state index contributed by atoms with van der Waals surface area (Å²) in [6, 6.07) is 14.7. The number of carbonyl (C=O) groups excluding carboxylic acids is 1. The van der Waals surface area contributed by atoms with Crippen molar-refractivity contribution in [3.05, 3.63) is 66.0 Å². The molecular weight excluding hydrogens is 363 g/mol. The Balaban J connectivity index is 1.65. The van der Waals surface area contributed by atoms with Gasteiger partial charge in [-0.1, -0.05) is 18.2 Å². The van der Waals surface area contributed by atoms with Gasteiger partial charge in [0.2, 0.25) is 5.91 Å². The summed E-state index contributed by atoms with van der Waals surface area (Å²) in [6.07, 6.45) is -0.0879. The van der Waals surface area contributed by atoms with Crippen molar-refractivity contribution in [1.29, 1.82) is 0 Å². The van der Waals surface area contributed by atoms with Gasteiger partial charge in [0.25, 0.3) is 0 Å². The zero-order chi connectivity index (χ0) is 19.9. The van der Waals surface area contributed by atoms with Crippen LogP contribution in [0.15, 0.2) is 54.6 Å². The predicted molar refractivity (Wildman–Crippen MR) is 104 cm³/mol. The van der Waals surface area contributed by atoms with E-state index in [2.05, 4.69) is 20.8 Å². The molecule has 3 rings (SSSR count). The number of methoxy groups -OCH3 is 2. The Labute approximate surface area is 161 Å². The summed E-state index contributed by atoms with van der Waals surface area (Å²) in [6.45, 7) is 0. The monoisotopic (exact) mass is 382 g/mol. The molecule has 3 aromatic rings. The van der Waals surface area contributed by atoms with Gasteiger partial charge in [0.05, 0.1) is 26.3 Å². The summed E-state index contributed by atoms with van der Waals surface area (Å²) in [7, 11) is 3.14. The van der Waals surface area contributed by atoms with E-state index in [1.807, 2.05) is 0 Å². The Morgan fingerprint density at radius 1 is 1.00 bits per heavy atom. The molecule has 2 N–H and O–H groups in total. The van der Waals surface area contributed by atoms with Gasteiger partial charge in [0, 0.05) is 6.07 Å². The lowest BCUT2D eigenvalue weighted by molar-refractivity contribution is -0.115. The molecule has 0 spiro atoms. The number of anilines is 3. The fraction of sp³-hybridized carbons (Fsp3) is 0.150. The number of hydrogen-bond acceptors (Lipinski definition) is 6. The van der Waals surface area contributed by atoms with E-state index in [0.717, 1.165) is 0 Å². The van der Waals surface area contributed by atoms with Crippen LogP contribution in [0.5, 0.6) is 11.5 Å². The number of hydrogen-bond donors (Lipinski definition) is 2. The van der Waals surface area contributed by atoms with E-state index in [9.17, 15) is 9.18 Å². The molecule has 0 unspecified atom stereocenters. The Hall–Kier alpha value is -3.68. The highest BCUT2D eigenvalue weighted by Gasteiger charge is 2.10. The van der Waals surface area contributed by atoms with Crippen LogP contribution < -0.4 is 20.1 Å².